The van der Waals surface area contributed by atoms with Crippen LogP contribution >= 0.6 is 0 Å². The molecule has 4 rings (SSSR count). The van der Waals surface area contributed by atoms with Crippen LogP contribution in [-0.4, -0.2) is 37.1 Å². The molecule has 3 aromatic rings. The number of rotatable bonds is 10. The minimum absolute atomic E-state index is 0.00368. The van der Waals surface area contributed by atoms with Crippen molar-refractivity contribution in [3.8, 4) is 17.2 Å². The lowest BCUT2D eigenvalue weighted by molar-refractivity contribution is -0.132. The Hall–Kier alpha value is -4.26. The molecule has 1 aliphatic heterocycles. The van der Waals surface area contributed by atoms with Crippen molar-refractivity contribution in [1.82, 2.24) is 0 Å². The lowest BCUT2D eigenvalue weighted by atomic mass is 9.95. The molecule has 198 valence electrons. The van der Waals surface area contributed by atoms with E-state index in [9.17, 15) is 14.7 Å². The number of hydrogen-bond donors (Lipinski definition) is 1. The maximum Gasteiger partial charge on any atom is 0.300 e. The van der Waals surface area contributed by atoms with E-state index in [1.807, 2.05) is 6.92 Å². The SMILES string of the molecule is CCCOc1cccc(/C(O)=C2/C(=O)C(=O)N(c3ccc(OCC(C)C)cc3)C2c2cccc(OC)c2)c1. The van der Waals surface area contributed by atoms with Crippen LogP contribution in [0.5, 0.6) is 17.2 Å². The van der Waals surface area contributed by atoms with E-state index >= 15 is 0 Å². The number of anilines is 1. The molecule has 1 aliphatic rings. The number of carbonyl (C=O) groups is 2. The molecule has 1 N–H and O–H groups in total. The summed E-state index contributed by atoms with van der Waals surface area (Å²) in [7, 11) is 1.55. The number of methoxy groups -OCH3 is 1. The third-order valence-electron chi connectivity index (χ3n) is 6.13. The molecule has 0 bridgehead atoms. The van der Waals surface area contributed by atoms with Gasteiger partial charge in [-0.3, -0.25) is 14.5 Å². The highest BCUT2D eigenvalue weighted by molar-refractivity contribution is 6.51. The van der Waals surface area contributed by atoms with Crippen molar-refractivity contribution in [2.24, 2.45) is 5.92 Å². The van der Waals surface area contributed by atoms with Crippen molar-refractivity contribution in [2.75, 3.05) is 25.2 Å². The summed E-state index contributed by atoms with van der Waals surface area (Å²) < 4.78 is 16.9. The van der Waals surface area contributed by atoms with Gasteiger partial charge in [-0.1, -0.05) is 45.0 Å². The number of hydrogen-bond acceptors (Lipinski definition) is 6. The molecule has 7 heteroatoms. The number of ether oxygens (including phenoxy) is 3. The van der Waals surface area contributed by atoms with Crippen LogP contribution in [0.2, 0.25) is 0 Å². The number of benzene rings is 3. The third kappa shape index (κ3) is 5.67. The fourth-order valence-electron chi connectivity index (χ4n) is 4.30. The van der Waals surface area contributed by atoms with Crippen LogP contribution in [0.4, 0.5) is 5.69 Å². The Morgan fingerprint density at radius 1 is 0.921 bits per heavy atom. The Bertz CT molecular complexity index is 1330. The molecular formula is C31H33NO6. The molecule has 0 aromatic heterocycles. The highest BCUT2D eigenvalue weighted by Crippen LogP contribution is 2.43. The van der Waals surface area contributed by atoms with Gasteiger partial charge in [0.05, 0.1) is 31.9 Å². The average Bonchev–Trinajstić information content (AvgIpc) is 3.20. The van der Waals surface area contributed by atoms with Gasteiger partial charge in [-0.2, -0.15) is 0 Å². The van der Waals surface area contributed by atoms with E-state index in [2.05, 4.69) is 13.8 Å². The molecule has 0 aliphatic carbocycles. The summed E-state index contributed by atoms with van der Waals surface area (Å²) in [4.78, 5) is 28.3. The molecule has 1 fully saturated rings. The van der Waals surface area contributed by atoms with Crippen LogP contribution in [0.25, 0.3) is 5.76 Å². The monoisotopic (exact) mass is 515 g/mol. The van der Waals surface area contributed by atoms with Gasteiger partial charge in [0.1, 0.15) is 23.0 Å². The summed E-state index contributed by atoms with van der Waals surface area (Å²) >= 11 is 0. The summed E-state index contributed by atoms with van der Waals surface area (Å²) in [5.74, 6) is 0.411. The Balaban J connectivity index is 1.82. The van der Waals surface area contributed by atoms with Crippen molar-refractivity contribution in [1.29, 1.82) is 0 Å². The van der Waals surface area contributed by atoms with Crippen molar-refractivity contribution in [3.05, 3.63) is 89.5 Å². The zero-order valence-electron chi connectivity index (χ0n) is 22.1. The molecule has 1 saturated heterocycles. The van der Waals surface area contributed by atoms with Crippen LogP contribution in [0.1, 0.15) is 44.4 Å². The van der Waals surface area contributed by atoms with Crippen LogP contribution in [0.15, 0.2) is 78.4 Å². The molecule has 38 heavy (non-hydrogen) atoms. The smallest absolute Gasteiger partial charge is 0.300 e. The second-order valence-corrected chi connectivity index (χ2v) is 9.52. The Kier molecular flexibility index (Phi) is 8.36. The van der Waals surface area contributed by atoms with E-state index in [1.165, 1.54) is 4.90 Å². The van der Waals surface area contributed by atoms with Crippen molar-refractivity contribution in [3.63, 3.8) is 0 Å². The fraction of sp³-hybridized carbons (Fsp3) is 0.290. The fourth-order valence-corrected chi connectivity index (χ4v) is 4.30. The van der Waals surface area contributed by atoms with E-state index in [0.29, 0.717) is 53.2 Å². The van der Waals surface area contributed by atoms with Gasteiger partial charge in [0.15, 0.2) is 0 Å². The number of aliphatic hydroxyl groups excluding tert-OH is 1. The van der Waals surface area contributed by atoms with Gasteiger partial charge in [0, 0.05) is 11.3 Å². The van der Waals surface area contributed by atoms with Gasteiger partial charge in [-0.05, 0) is 66.4 Å². The lowest BCUT2D eigenvalue weighted by Gasteiger charge is -2.26. The maximum atomic E-state index is 13.4. The highest BCUT2D eigenvalue weighted by Gasteiger charge is 2.47. The first-order valence-corrected chi connectivity index (χ1v) is 12.7. The van der Waals surface area contributed by atoms with Gasteiger partial charge in [0.2, 0.25) is 0 Å². The Labute approximate surface area is 223 Å². The van der Waals surface area contributed by atoms with Gasteiger partial charge < -0.3 is 19.3 Å². The summed E-state index contributed by atoms with van der Waals surface area (Å²) in [6.45, 7) is 7.22. The Morgan fingerprint density at radius 2 is 1.63 bits per heavy atom. The summed E-state index contributed by atoms with van der Waals surface area (Å²) in [5.41, 5.74) is 1.53. The van der Waals surface area contributed by atoms with E-state index in [0.717, 1.165) is 6.42 Å². The zero-order chi connectivity index (χ0) is 27.2. The molecular weight excluding hydrogens is 482 g/mol. The van der Waals surface area contributed by atoms with Crippen molar-refractivity contribution >= 4 is 23.1 Å². The summed E-state index contributed by atoms with van der Waals surface area (Å²) in [5, 5.41) is 11.4. The molecule has 1 amide bonds. The number of nitrogens with zero attached hydrogens (tertiary/aromatic N) is 1. The molecule has 1 heterocycles. The Morgan fingerprint density at radius 3 is 2.32 bits per heavy atom. The van der Waals surface area contributed by atoms with Crippen LogP contribution in [0.3, 0.4) is 0 Å². The largest absolute Gasteiger partial charge is 0.507 e. The summed E-state index contributed by atoms with van der Waals surface area (Å²) in [6, 6.07) is 20.2. The van der Waals surface area contributed by atoms with Crippen molar-refractivity contribution in [2.45, 2.75) is 33.2 Å². The topological polar surface area (TPSA) is 85.3 Å². The molecule has 0 spiro atoms. The third-order valence-corrected chi connectivity index (χ3v) is 6.13. The molecule has 3 aromatic carbocycles. The first-order valence-electron chi connectivity index (χ1n) is 12.7. The van der Waals surface area contributed by atoms with E-state index in [-0.39, 0.29) is 11.3 Å². The molecule has 1 unspecified atom stereocenters. The number of Topliss-reactive ketones (excluding diaryl/α,β-unsaturated/α-hetero) is 1. The highest BCUT2D eigenvalue weighted by atomic mass is 16.5. The van der Waals surface area contributed by atoms with E-state index in [1.54, 1.807) is 79.9 Å². The molecule has 0 radical (unpaired) electrons. The number of amides is 1. The van der Waals surface area contributed by atoms with E-state index in [4.69, 9.17) is 14.2 Å². The lowest BCUT2D eigenvalue weighted by Crippen LogP contribution is -2.29. The van der Waals surface area contributed by atoms with Crippen LogP contribution in [-0.2, 0) is 9.59 Å². The number of carbonyl (C=O) groups excluding carboxylic acids is 2. The second-order valence-electron chi connectivity index (χ2n) is 9.52. The standard InChI is InChI=1S/C31H33NO6/c1-5-16-37-26-11-7-9-22(18-26)29(33)27-28(21-8-6-10-25(17-21)36-4)32(31(35)30(27)34)23-12-14-24(15-13-23)38-19-20(2)3/h6-15,17-18,20,28,33H,5,16,19H2,1-4H3/b29-27-. The zero-order valence-corrected chi connectivity index (χ0v) is 22.1. The molecule has 7 nitrogen and oxygen atoms in total. The van der Waals surface area contributed by atoms with Crippen LogP contribution < -0.4 is 19.1 Å². The van der Waals surface area contributed by atoms with Gasteiger partial charge in [-0.25, -0.2) is 0 Å². The second kappa shape index (κ2) is 11.9. The van der Waals surface area contributed by atoms with Gasteiger partial charge in [-0.15, -0.1) is 0 Å². The minimum atomic E-state index is -0.868. The average molecular weight is 516 g/mol. The normalized spacial score (nSPS) is 16.7. The number of ketones is 1. The predicted octanol–water partition coefficient (Wildman–Crippen LogP) is 6.15. The number of aliphatic hydroxyl groups is 1. The molecule has 0 saturated carbocycles. The maximum absolute atomic E-state index is 13.4. The van der Waals surface area contributed by atoms with E-state index < -0.39 is 17.7 Å². The van der Waals surface area contributed by atoms with Crippen LogP contribution in [0, 0.1) is 5.92 Å². The van der Waals surface area contributed by atoms with Crippen molar-refractivity contribution < 1.29 is 28.9 Å². The first-order chi connectivity index (χ1) is 18.3. The quantitative estimate of drug-likeness (QED) is 0.198. The summed E-state index contributed by atoms with van der Waals surface area (Å²) in [6.07, 6.45) is 0.832. The molecule has 1 atom stereocenters. The predicted molar refractivity (Wildman–Crippen MR) is 147 cm³/mol. The minimum Gasteiger partial charge on any atom is -0.507 e. The first kappa shape index (κ1) is 26.8. The van der Waals surface area contributed by atoms with Gasteiger partial charge >= 0.3 is 0 Å². The van der Waals surface area contributed by atoms with Gasteiger partial charge in [0.25, 0.3) is 11.7 Å².